The molecular formula is C13H16F3NO2S. The van der Waals surface area contributed by atoms with E-state index in [4.69, 9.17) is 0 Å². The van der Waals surface area contributed by atoms with E-state index in [2.05, 4.69) is 0 Å². The topological polar surface area (TPSA) is 37.4 Å². The zero-order chi connectivity index (χ0) is 15.5. The largest absolute Gasteiger partial charge is 0.400 e. The number of hydrogen-bond acceptors (Lipinski definition) is 2. The van der Waals surface area contributed by atoms with E-state index < -0.39 is 22.7 Å². The smallest absolute Gasteiger partial charge is 0.342 e. The number of benzene rings is 1. The van der Waals surface area contributed by atoms with E-state index in [0.29, 0.717) is 12.1 Å². The van der Waals surface area contributed by atoms with Crippen molar-refractivity contribution in [3.05, 3.63) is 29.3 Å². The number of carbonyl (C=O) groups is 1. The van der Waals surface area contributed by atoms with Crippen LogP contribution in [-0.4, -0.2) is 40.5 Å². The number of amides is 1. The van der Waals surface area contributed by atoms with Crippen molar-refractivity contribution in [1.29, 1.82) is 0 Å². The normalized spacial score (nSPS) is 13.1. The summed E-state index contributed by atoms with van der Waals surface area (Å²) in [6.45, 7) is 3.84. The third kappa shape index (κ3) is 4.33. The van der Waals surface area contributed by atoms with E-state index in [1.807, 2.05) is 0 Å². The van der Waals surface area contributed by atoms with E-state index in [0.717, 1.165) is 0 Å². The first-order valence-electron chi connectivity index (χ1n) is 5.97. The fraction of sp³-hybridized carbons (Fsp3) is 0.462. The summed E-state index contributed by atoms with van der Waals surface area (Å²) in [5.41, 5.74) is 0.716. The summed E-state index contributed by atoms with van der Waals surface area (Å²) in [6, 6.07) is 4.32. The van der Waals surface area contributed by atoms with E-state index in [-0.39, 0.29) is 16.4 Å². The number of aryl methyl sites for hydroxylation is 1. The van der Waals surface area contributed by atoms with Gasteiger partial charge in [0, 0.05) is 24.1 Å². The van der Waals surface area contributed by atoms with Gasteiger partial charge in [-0.1, -0.05) is 6.07 Å². The number of alkyl halides is 3. The van der Waals surface area contributed by atoms with Gasteiger partial charge in [0.2, 0.25) is 0 Å². The molecule has 3 nitrogen and oxygen atoms in total. The molecule has 0 aliphatic carbocycles. The van der Waals surface area contributed by atoms with Crippen molar-refractivity contribution in [2.75, 3.05) is 19.3 Å². The summed E-state index contributed by atoms with van der Waals surface area (Å²) in [4.78, 5) is 13.4. The van der Waals surface area contributed by atoms with Crippen molar-refractivity contribution in [3.8, 4) is 0 Å². The van der Waals surface area contributed by atoms with Crippen LogP contribution in [0.5, 0.6) is 0 Å². The van der Waals surface area contributed by atoms with Crippen molar-refractivity contribution in [3.63, 3.8) is 0 Å². The molecule has 0 aliphatic rings. The second-order valence-corrected chi connectivity index (χ2v) is 5.82. The van der Waals surface area contributed by atoms with Crippen LogP contribution in [0, 0.1) is 6.92 Å². The maximum absolute atomic E-state index is 12.3. The molecule has 0 saturated carbocycles. The lowest BCUT2D eigenvalue weighted by Gasteiger charge is -2.16. The second kappa shape index (κ2) is 6.39. The van der Waals surface area contributed by atoms with Gasteiger partial charge in [-0.2, -0.15) is 13.2 Å². The van der Waals surface area contributed by atoms with Gasteiger partial charge < -0.3 is 4.90 Å². The van der Waals surface area contributed by atoms with Gasteiger partial charge in [-0.25, -0.2) is 0 Å². The van der Waals surface area contributed by atoms with Gasteiger partial charge in [-0.3, -0.25) is 9.00 Å². The van der Waals surface area contributed by atoms with Crippen LogP contribution in [0.2, 0.25) is 0 Å². The van der Waals surface area contributed by atoms with Gasteiger partial charge in [0.1, 0.15) is 5.75 Å². The number of halogens is 3. The van der Waals surface area contributed by atoms with Gasteiger partial charge in [0.25, 0.3) is 5.91 Å². The molecule has 1 aromatic carbocycles. The minimum absolute atomic E-state index is 0.0534. The highest BCUT2D eigenvalue weighted by Crippen LogP contribution is 2.23. The van der Waals surface area contributed by atoms with E-state index in [9.17, 15) is 22.2 Å². The average Bonchev–Trinajstić information content (AvgIpc) is 2.35. The Kier molecular flexibility index (Phi) is 5.33. The molecule has 1 aromatic rings. The molecule has 0 spiro atoms. The Bertz CT molecular complexity index is 529. The van der Waals surface area contributed by atoms with E-state index in [1.165, 1.54) is 23.1 Å². The second-order valence-electron chi connectivity index (χ2n) is 4.40. The lowest BCUT2D eigenvalue weighted by atomic mass is 10.1. The molecule has 0 bridgehead atoms. The van der Waals surface area contributed by atoms with Crippen molar-refractivity contribution < 1.29 is 22.2 Å². The van der Waals surface area contributed by atoms with Gasteiger partial charge >= 0.3 is 6.18 Å². The fourth-order valence-electron chi connectivity index (χ4n) is 1.57. The van der Waals surface area contributed by atoms with Gasteiger partial charge in [0.05, 0.1) is 10.8 Å². The highest BCUT2D eigenvalue weighted by molar-refractivity contribution is 7.85. The standard InChI is InChI=1S/C13H16F3NO2S/c1-4-17(3)12(18)10-6-5-9(2)11(7-10)20(19)8-13(14,15)16/h5-7H,4,8H2,1-3H3. The monoisotopic (exact) mass is 307 g/mol. The summed E-state index contributed by atoms with van der Waals surface area (Å²) < 4.78 is 48.7. The number of rotatable bonds is 4. The maximum Gasteiger partial charge on any atom is 0.400 e. The lowest BCUT2D eigenvalue weighted by Crippen LogP contribution is -2.26. The van der Waals surface area contributed by atoms with Crippen LogP contribution in [0.3, 0.4) is 0 Å². The Hall–Kier alpha value is -1.37. The Morgan fingerprint density at radius 3 is 2.45 bits per heavy atom. The summed E-state index contributed by atoms with van der Waals surface area (Å²) in [5.74, 6) is -1.72. The van der Waals surface area contributed by atoms with Crippen LogP contribution >= 0.6 is 0 Å². The van der Waals surface area contributed by atoms with Crippen LogP contribution in [0.4, 0.5) is 13.2 Å². The minimum atomic E-state index is -4.50. The molecule has 112 valence electrons. The molecule has 0 heterocycles. The zero-order valence-electron chi connectivity index (χ0n) is 11.5. The predicted octanol–water partition coefficient (Wildman–Crippen LogP) is 2.76. The Morgan fingerprint density at radius 1 is 1.35 bits per heavy atom. The van der Waals surface area contributed by atoms with Crippen molar-refractivity contribution in [2.45, 2.75) is 24.9 Å². The van der Waals surface area contributed by atoms with Crippen molar-refractivity contribution in [2.24, 2.45) is 0 Å². The molecule has 0 aromatic heterocycles. The Labute approximate surface area is 118 Å². The SMILES string of the molecule is CCN(C)C(=O)c1ccc(C)c(S(=O)CC(F)(F)F)c1. The van der Waals surface area contributed by atoms with Crippen LogP contribution in [-0.2, 0) is 10.8 Å². The molecular weight excluding hydrogens is 291 g/mol. The molecule has 7 heteroatoms. The third-order valence-corrected chi connectivity index (χ3v) is 4.32. The number of hydrogen-bond donors (Lipinski definition) is 0. The molecule has 0 aliphatic heterocycles. The quantitative estimate of drug-likeness (QED) is 0.858. The number of nitrogens with zero attached hydrogens (tertiary/aromatic N) is 1. The highest BCUT2D eigenvalue weighted by Gasteiger charge is 2.31. The summed E-state index contributed by atoms with van der Waals surface area (Å²) in [7, 11) is -0.610. The Balaban J connectivity index is 3.09. The molecule has 1 amide bonds. The molecule has 1 unspecified atom stereocenters. The molecule has 0 fully saturated rings. The van der Waals surface area contributed by atoms with E-state index in [1.54, 1.807) is 20.9 Å². The molecule has 0 radical (unpaired) electrons. The Morgan fingerprint density at radius 2 is 1.95 bits per heavy atom. The summed E-state index contributed by atoms with van der Waals surface area (Å²) in [6.07, 6.45) is -4.50. The molecule has 1 rings (SSSR count). The predicted molar refractivity (Wildman–Crippen MR) is 71.1 cm³/mol. The minimum Gasteiger partial charge on any atom is -0.342 e. The van der Waals surface area contributed by atoms with Crippen molar-refractivity contribution in [1.82, 2.24) is 4.90 Å². The van der Waals surface area contributed by atoms with Crippen LogP contribution in [0.15, 0.2) is 23.1 Å². The van der Waals surface area contributed by atoms with Crippen LogP contribution in [0.1, 0.15) is 22.8 Å². The third-order valence-electron chi connectivity index (χ3n) is 2.80. The molecule has 1 atom stereocenters. The fourth-order valence-corrected chi connectivity index (χ4v) is 2.71. The first-order chi connectivity index (χ1) is 9.15. The first-order valence-corrected chi connectivity index (χ1v) is 7.29. The molecule has 0 saturated heterocycles. The highest BCUT2D eigenvalue weighted by atomic mass is 32.2. The van der Waals surface area contributed by atoms with Gasteiger partial charge in [-0.15, -0.1) is 0 Å². The number of carbonyl (C=O) groups excluding carboxylic acids is 1. The summed E-state index contributed by atoms with van der Waals surface area (Å²) in [5, 5.41) is 0. The average molecular weight is 307 g/mol. The van der Waals surface area contributed by atoms with E-state index >= 15 is 0 Å². The zero-order valence-corrected chi connectivity index (χ0v) is 12.3. The van der Waals surface area contributed by atoms with Gasteiger partial charge in [0.15, 0.2) is 0 Å². The lowest BCUT2D eigenvalue weighted by molar-refractivity contribution is -0.105. The first kappa shape index (κ1) is 16.7. The van der Waals surface area contributed by atoms with Crippen molar-refractivity contribution >= 4 is 16.7 Å². The maximum atomic E-state index is 12.3. The molecule has 20 heavy (non-hydrogen) atoms. The van der Waals surface area contributed by atoms with Gasteiger partial charge in [-0.05, 0) is 31.5 Å². The van der Waals surface area contributed by atoms with Crippen LogP contribution in [0.25, 0.3) is 0 Å². The van der Waals surface area contributed by atoms with Crippen LogP contribution < -0.4 is 0 Å². The molecule has 0 N–H and O–H groups in total. The summed E-state index contributed by atoms with van der Waals surface area (Å²) >= 11 is 0.